The topological polar surface area (TPSA) is 104 Å². The molecule has 11 heteroatoms. The molecule has 6 rings (SSSR count). The summed E-state index contributed by atoms with van der Waals surface area (Å²) in [4.78, 5) is 31.7. The maximum absolute atomic E-state index is 14.9. The van der Waals surface area contributed by atoms with E-state index in [0.29, 0.717) is 35.9 Å². The highest BCUT2D eigenvalue weighted by Crippen LogP contribution is 2.28. The van der Waals surface area contributed by atoms with Crippen molar-refractivity contribution in [2.75, 3.05) is 43.4 Å². The highest BCUT2D eigenvalue weighted by atomic mass is 19.1. The van der Waals surface area contributed by atoms with Crippen LogP contribution in [0.25, 0.3) is 16.9 Å². The third-order valence-electron chi connectivity index (χ3n) is 7.47. The Labute approximate surface area is 225 Å². The van der Waals surface area contributed by atoms with Crippen molar-refractivity contribution in [1.29, 1.82) is 0 Å². The SMILES string of the molecule is CN1CCN(c2ccc(Nc3ncc4c(=O)n5n(c4n3)-c3cccc(n3)[C@@](C)(O)CC/C=C(/F)C5)cc2)CC1. The van der Waals surface area contributed by atoms with Gasteiger partial charge in [0.05, 0.1) is 12.2 Å². The summed E-state index contributed by atoms with van der Waals surface area (Å²) >= 11 is 0. The Balaban J connectivity index is 1.38. The van der Waals surface area contributed by atoms with Gasteiger partial charge in [-0.15, -0.1) is 0 Å². The molecule has 2 aliphatic heterocycles. The highest BCUT2D eigenvalue weighted by Gasteiger charge is 2.27. The first-order chi connectivity index (χ1) is 18.8. The monoisotopic (exact) mass is 530 g/mol. The van der Waals surface area contributed by atoms with Crippen LogP contribution >= 0.6 is 0 Å². The van der Waals surface area contributed by atoms with Gasteiger partial charge in [0.1, 0.15) is 16.8 Å². The van der Waals surface area contributed by atoms with Crippen LogP contribution in [0.2, 0.25) is 0 Å². The van der Waals surface area contributed by atoms with Gasteiger partial charge in [0.25, 0.3) is 5.56 Å². The molecule has 202 valence electrons. The lowest BCUT2D eigenvalue weighted by Crippen LogP contribution is -2.44. The number of fused-ring (bicyclic) bond motifs is 6. The molecule has 0 unspecified atom stereocenters. The first-order valence-electron chi connectivity index (χ1n) is 13.1. The summed E-state index contributed by atoms with van der Waals surface area (Å²) in [6, 6.07) is 13.3. The zero-order valence-electron chi connectivity index (χ0n) is 22.0. The van der Waals surface area contributed by atoms with Gasteiger partial charge in [-0.25, -0.2) is 23.7 Å². The molecule has 0 spiro atoms. The van der Waals surface area contributed by atoms with Crippen molar-refractivity contribution in [2.45, 2.75) is 31.9 Å². The Morgan fingerprint density at radius 2 is 1.82 bits per heavy atom. The van der Waals surface area contributed by atoms with Crippen molar-refractivity contribution < 1.29 is 9.50 Å². The molecule has 0 saturated carbocycles. The smallest absolute Gasteiger partial charge is 0.278 e. The lowest BCUT2D eigenvalue weighted by molar-refractivity contribution is 0.0442. The van der Waals surface area contributed by atoms with Crippen LogP contribution in [0, 0.1) is 0 Å². The summed E-state index contributed by atoms with van der Waals surface area (Å²) in [6.45, 7) is 5.41. The second kappa shape index (κ2) is 9.90. The van der Waals surface area contributed by atoms with Crippen LogP contribution in [0.1, 0.15) is 25.5 Å². The minimum Gasteiger partial charge on any atom is -0.384 e. The van der Waals surface area contributed by atoms with E-state index in [0.717, 1.165) is 37.6 Å². The fraction of sp³-hybridized carbons (Fsp3) is 0.357. The summed E-state index contributed by atoms with van der Waals surface area (Å²) in [7, 11) is 2.13. The van der Waals surface area contributed by atoms with E-state index >= 15 is 0 Å². The van der Waals surface area contributed by atoms with Gasteiger partial charge in [0.15, 0.2) is 11.5 Å². The molecule has 2 aliphatic rings. The van der Waals surface area contributed by atoms with E-state index in [4.69, 9.17) is 0 Å². The van der Waals surface area contributed by atoms with Crippen LogP contribution in [0.4, 0.5) is 21.7 Å². The predicted molar refractivity (Wildman–Crippen MR) is 148 cm³/mol. The van der Waals surface area contributed by atoms with E-state index in [-0.39, 0.29) is 11.9 Å². The molecule has 3 aromatic heterocycles. The normalized spacial score (nSPS) is 21.6. The van der Waals surface area contributed by atoms with Gasteiger partial charge in [0, 0.05) is 43.8 Å². The second-order valence-electron chi connectivity index (χ2n) is 10.4. The largest absolute Gasteiger partial charge is 0.384 e. The molecule has 10 nitrogen and oxygen atoms in total. The van der Waals surface area contributed by atoms with E-state index in [1.165, 1.54) is 21.6 Å². The standard InChI is InChI=1S/C28H31FN8O2/c1-28(39)12-4-5-19(29)18-36-26(38)22-17-30-27(33-25(22)37(36)24-7-3-6-23(28)32-24)31-20-8-10-21(11-9-20)35-15-13-34(2)14-16-35/h3,5-11,17,39H,4,12-16,18H2,1-2H3,(H,30,31,33)/b19-5+/t28-/m0/s1. The number of allylic oxidation sites excluding steroid dienone is 2. The Bertz CT molecular complexity index is 1600. The van der Waals surface area contributed by atoms with Gasteiger partial charge in [-0.1, -0.05) is 12.1 Å². The highest BCUT2D eigenvalue weighted by molar-refractivity contribution is 5.77. The van der Waals surface area contributed by atoms with Crippen LogP contribution in [0.3, 0.4) is 0 Å². The Kier molecular flexibility index (Phi) is 6.40. The quantitative estimate of drug-likeness (QED) is 0.416. The summed E-state index contributed by atoms with van der Waals surface area (Å²) in [5.74, 6) is 0.179. The van der Waals surface area contributed by atoms with Crippen LogP contribution in [-0.4, -0.2) is 67.5 Å². The summed E-state index contributed by atoms with van der Waals surface area (Å²) in [5.41, 5.74) is 1.01. The first-order valence-corrected chi connectivity index (χ1v) is 13.1. The molecule has 39 heavy (non-hydrogen) atoms. The number of nitrogens with one attached hydrogen (secondary N) is 1. The number of aromatic nitrogens is 5. The fourth-order valence-corrected chi connectivity index (χ4v) is 5.10. The lowest BCUT2D eigenvalue weighted by Gasteiger charge is -2.34. The van der Waals surface area contributed by atoms with Crippen LogP contribution in [0.15, 0.2) is 65.4 Å². The van der Waals surface area contributed by atoms with Crippen molar-refractivity contribution >= 4 is 28.4 Å². The van der Waals surface area contributed by atoms with Crippen molar-refractivity contribution in [3.05, 3.63) is 76.6 Å². The van der Waals surface area contributed by atoms with Crippen molar-refractivity contribution in [3.8, 4) is 5.82 Å². The van der Waals surface area contributed by atoms with Crippen LogP contribution < -0.4 is 15.8 Å². The van der Waals surface area contributed by atoms with E-state index in [2.05, 4.69) is 49.2 Å². The summed E-state index contributed by atoms with van der Waals surface area (Å²) < 4.78 is 17.7. The molecular weight excluding hydrogens is 499 g/mol. The first kappa shape index (κ1) is 25.2. The lowest BCUT2D eigenvalue weighted by atomic mass is 9.95. The van der Waals surface area contributed by atoms with Crippen LogP contribution in [0.5, 0.6) is 0 Å². The number of rotatable bonds is 3. The van der Waals surface area contributed by atoms with E-state index in [1.807, 2.05) is 12.1 Å². The molecule has 2 N–H and O–H groups in total. The van der Waals surface area contributed by atoms with Gasteiger partial charge in [-0.05, 0) is 63.2 Å². The Hall–Kier alpha value is -4.09. The molecule has 1 aromatic carbocycles. The zero-order chi connectivity index (χ0) is 27.1. The number of piperazine rings is 1. The maximum Gasteiger partial charge on any atom is 0.278 e. The summed E-state index contributed by atoms with van der Waals surface area (Å²) in [6.07, 6.45) is 3.46. The van der Waals surface area contributed by atoms with Crippen molar-refractivity contribution in [1.82, 2.24) is 29.2 Å². The zero-order valence-corrected chi connectivity index (χ0v) is 22.0. The van der Waals surface area contributed by atoms with Gasteiger partial charge >= 0.3 is 0 Å². The average Bonchev–Trinajstić information content (AvgIpc) is 3.19. The van der Waals surface area contributed by atoms with Gasteiger partial charge in [0.2, 0.25) is 5.95 Å². The third kappa shape index (κ3) is 4.90. The number of anilines is 3. The number of pyridine rings is 1. The Morgan fingerprint density at radius 1 is 1.05 bits per heavy atom. The molecular formula is C28H31FN8O2. The third-order valence-corrected chi connectivity index (χ3v) is 7.47. The molecule has 1 fully saturated rings. The summed E-state index contributed by atoms with van der Waals surface area (Å²) in [5, 5.41) is 14.5. The Morgan fingerprint density at radius 3 is 2.59 bits per heavy atom. The number of nitrogens with zero attached hydrogens (tertiary/aromatic N) is 7. The molecule has 4 aromatic rings. The molecule has 2 bridgehead atoms. The molecule has 1 saturated heterocycles. The van der Waals surface area contributed by atoms with E-state index in [1.54, 1.807) is 25.1 Å². The van der Waals surface area contributed by atoms with Crippen LogP contribution in [-0.2, 0) is 12.1 Å². The average molecular weight is 531 g/mol. The molecule has 0 radical (unpaired) electrons. The minimum atomic E-state index is -1.26. The maximum atomic E-state index is 14.9. The van der Waals surface area contributed by atoms with Gasteiger partial charge in [-0.3, -0.25) is 4.79 Å². The van der Waals surface area contributed by atoms with E-state index < -0.39 is 17.0 Å². The number of benzene rings is 1. The fourth-order valence-electron chi connectivity index (χ4n) is 5.10. The minimum absolute atomic E-state index is 0.245. The van der Waals surface area contributed by atoms with E-state index in [9.17, 15) is 14.3 Å². The molecule has 1 atom stereocenters. The van der Waals surface area contributed by atoms with Gasteiger partial charge < -0.3 is 20.2 Å². The van der Waals surface area contributed by atoms with Gasteiger partial charge in [-0.2, -0.15) is 4.98 Å². The number of halogens is 1. The van der Waals surface area contributed by atoms with Crippen molar-refractivity contribution in [3.63, 3.8) is 0 Å². The molecule has 0 amide bonds. The molecule has 0 aliphatic carbocycles. The van der Waals surface area contributed by atoms with Crippen molar-refractivity contribution in [2.24, 2.45) is 0 Å². The second-order valence-corrected chi connectivity index (χ2v) is 10.4. The number of hydrogen-bond acceptors (Lipinski definition) is 8. The number of likely N-dealkylation sites (N-methyl/N-ethyl adjacent to an activating group) is 1. The molecule has 5 heterocycles. The number of aliphatic hydroxyl groups is 1. The predicted octanol–water partition coefficient (Wildman–Crippen LogP) is 3.33. The number of hydrogen-bond donors (Lipinski definition) is 2.